The van der Waals surface area contributed by atoms with Crippen molar-refractivity contribution in [3.05, 3.63) is 59.7 Å². The topological polar surface area (TPSA) is 44.8 Å². The number of nitrogens with zero attached hydrogens (tertiary/aromatic N) is 2. The molecule has 1 saturated heterocycles. The maximum atomic E-state index is 12.6. The Kier molecular flexibility index (Phi) is 10.8. The number of nitrogens with one attached hydrogen (secondary N) is 1. The number of halogens is 1. The number of methoxy groups -OCH3 is 1. The van der Waals surface area contributed by atoms with E-state index < -0.39 is 0 Å². The third-order valence-electron chi connectivity index (χ3n) is 6.19. The van der Waals surface area contributed by atoms with Crippen LogP contribution in [0.25, 0.3) is 0 Å². The van der Waals surface area contributed by atoms with Gasteiger partial charge in [-0.1, -0.05) is 18.2 Å². The average molecular weight is 460 g/mol. The van der Waals surface area contributed by atoms with E-state index in [1.54, 1.807) is 7.11 Å². The van der Waals surface area contributed by atoms with Crippen LogP contribution < -0.4 is 10.1 Å². The minimum atomic E-state index is 0. The summed E-state index contributed by atoms with van der Waals surface area (Å²) in [6.07, 6.45) is 4.58. The van der Waals surface area contributed by atoms with Crippen molar-refractivity contribution < 1.29 is 9.53 Å². The molecular weight excluding hydrogens is 422 g/mol. The van der Waals surface area contributed by atoms with Crippen LogP contribution in [0, 0.1) is 0 Å². The molecule has 1 atom stereocenters. The molecule has 1 aliphatic heterocycles. The number of carbonyl (C=O) groups excluding carboxylic acids is 1. The zero-order chi connectivity index (χ0) is 22.1. The van der Waals surface area contributed by atoms with Crippen LogP contribution >= 0.6 is 12.4 Å². The second-order valence-corrected chi connectivity index (χ2v) is 8.25. The fourth-order valence-corrected chi connectivity index (χ4v) is 4.36. The van der Waals surface area contributed by atoms with Crippen molar-refractivity contribution in [2.45, 2.75) is 45.6 Å². The molecule has 5 nitrogen and oxygen atoms in total. The number of para-hydroxylation sites is 1. The Bertz CT molecular complexity index is 818. The molecule has 1 unspecified atom stereocenters. The molecule has 6 heteroatoms. The van der Waals surface area contributed by atoms with Gasteiger partial charge >= 0.3 is 0 Å². The molecule has 0 radical (unpaired) electrons. The van der Waals surface area contributed by atoms with Crippen LogP contribution in [0.2, 0.25) is 0 Å². The van der Waals surface area contributed by atoms with Crippen LogP contribution in [0.4, 0.5) is 5.69 Å². The lowest BCUT2D eigenvalue weighted by Crippen LogP contribution is -2.35. The number of hydrogen-bond acceptors (Lipinski definition) is 4. The second kappa shape index (κ2) is 13.3. The molecule has 0 bridgehead atoms. The number of benzene rings is 2. The predicted molar refractivity (Wildman–Crippen MR) is 135 cm³/mol. The zero-order valence-electron chi connectivity index (χ0n) is 19.7. The summed E-state index contributed by atoms with van der Waals surface area (Å²) in [6.45, 7) is 8.90. The number of hydrogen-bond donors (Lipinski definition) is 1. The van der Waals surface area contributed by atoms with E-state index in [0.29, 0.717) is 6.04 Å². The number of aryl methyl sites for hydroxylation is 1. The molecule has 2 aromatic carbocycles. The van der Waals surface area contributed by atoms with Gasteiger partial charge in [0.15, 0.2) is 0 Å². The number of rotatable bonds is 11. The van der Waals surface area contributed by atoms with E-state index in [4.69, 9.17) is 4.74 Å². The highest BCUT2D eigenvalue weighted by Gasteiger charge is 2.19. The third-order valence-corrected chi connectivity index (χ3v) is 6.19. The van der Waals surface area contributed by atoms with Gasteiger partial charge in [0.1, 0.15) is 5.75 Å². The average Bonchev–Trinajstić information content (AvgIpc) is 3.32. The highest BCUT2D eigenvalue weighted by atomic mass is 35.5. The number of anilines is 1. The summed E-state index contributed by atoms with van der Waals surface area (Å²) in [4.78, 5) is 17.0. The number of likely N-dealkylation sites (tertiary alicyclic amines) is 1. The number of ether oxygens (including phenoxy) is 1. The molecule has 0 aliphatic carbocycles. The van der Waals surface area contributed by atoms with Gasteiger partial charge in [0.25, 0.3) is 5.91 Å². The summed E-state index contributed by atoms with van der Waals surface area (Å²) in [5.41, 5.74) is 3.07. The molecule has 1 N–H and O–H groups in total. The van der Waals surface area contributed by atoms with Crippen LogP contribution in [0.3, 0.4) is 0 Å². The smallest absolute Gasteiger partial charge is 0.253 e. The first kappa shape index (κ1) is 26.0. The van der Waals surface area contributed by atoms with E-state index in [1.807, 2.05) is 55.1 Å². The Hall–Kier alpha value is -2.24. The Labute approximate surface area is 199 Å². The van der Waals surface area contributed by atoms with Crippen molar-refractivity contribution in [2.24, 2.45) is 0 Å². The van der Waals surface area contributed by atoms with E-state index in [-0.39, 0.29) is 18.3 Å². The molecule has 32 heavy (non-hydrogen) atoms. The molecule has 3 rings (SSSR count). The Morgan fingerprint density at radius 2 is 1.72 bits per heavy atom. The molecule has 1 fully saturated rings. The van der Waals surface area contributed by atoms with Gasteiger partial charge in [-0.2, -0.15) is 0 Å². The maximum absolute atomic E-state index is 12.6. The van der Waals surface area contributed by atoms with Gasteiger partial charge in [-0.05, 0) is 88.5 Å². The van der Waals surface area contributed by atoms with Crippen LogP contribution in [0.15, 0.2) is 48.5 Å². The summed E-state index contributed by atoms with van der Waals surface area (Å²) >= 11 is 0. The van der Waals surface area contributed by atoms with Crippen molar-refractivity contribution in [3.8, 4) is 5.75 Å². The van der Waals surface area contributed by atoms with Crippen molar-refractivity contribution in [2.75, 3.05) is 45.2 Å². The lowest BCUT2D eigenvalue weighted by atomic mass is 10.0. The van der Waals surface area contributed by atoms with Crippen molar-refractivity contribution >= 4 is 24.0 Å². The van der Waals surface area contributed by atoms with Gasteiger partial charge in [0.2, 0.25) is 0 Å². The molecule has 176 valence electrons. The molecule has 1 heterocycles. The van der Waals surface area contributed by atoms with Gasteiger partial charge < -0.3 is 19.9 Å². The summed E-state index contributed by atoms with van der Waals surface area (Å²) in [7, 11) is 1.74. The largest absolute Gasteiger partial charge is 0.496 e. The Morgan fingerprint density at radius 1 is 1.06 bits per heavy atom. The van der Waals surface area contributed by atoms with Crippen molar-refractivity contribution in [3.63, 3.8) is 0 Å². The van der Waals surface area contributed by atoms with Gasteiger partial charge in [0.05, 0.1) is 7.11 Å². The van der Waals surface area contributed by atoms with Crippen molar-refractivity contribution in [1.82, 2.24) is 9.80 Å². The zero-order valence-corrected chi connectivity index (χ0v) is 20.5. The Balaban J connectivity index is 0.00000363. The van der Waals surface area contributed by atoms with Crippen LogP contribution in [0.5, 0.6) is 5.75 Å². The quantitative estimate of drug-likeness (QED) is 0.507. The van der Waals surface area contributed by atoms with E-state index in [2.05, 4.69) is 22.3 Å². The van der Waals surface area contributed by atoms with Gasteiger partial charge in [0, 0.05) is 36.9 Å². The van der Waals surface area contributed by atoms with E-state index in [1.165, 1.54) is 31.5 Å². The lowest BCUT2D eigenvalue weighted by Gasteiger charge is -2.26. The molecule has 2 aromatic rings. The second-order valence-electron chi connectivity index (χ2n) is 8.25. The molecular formula is C26H38ClN3O2. The fraction of sp³-hybridized carbons (Fsp3) is 0.500. The fourth-order valence-electron chi connectivity index (χ4n) is 4.36. The summed E-state index contributed by atoms with van der Waals surface area (Å²) < 4.78 is 5.54. The third kappa shape index (κ3) is 7.14. The van der Waals surface area contributed by atoms with Crippen LogP contribution in [-0.4, -0.2) is 61.6 Å². The lowest BCUT2D eigenvalue weighted by molar-refractivity contribution is 0.0773. The highest BCUT2D eigenvalue weighted by Crippen LogP contribution is 2.22. The summed E-state index contributed by atoms with van der Waals surface area (Å²) in [5.74, 6) is 1.06. The van der Waals surface area contributed by atoms with Gasteiger partial charge in [-0.3, -0.25) is 4.79 Å². The maximum Gasteiger partial charge on any atom is 0.253 e. The minimum Gasteiger partial charge on any atom is -0.496 e. The molecule has 0 saturated carbocycles. The van der Waals surface area contributed by atoms with Gasteiger partial charge in [-0.25, -0.2) is 0 Å². The minimum absolute atomic E-state index is 0. The first-order valence-corrected chi connectivity index (χ1v) is 11.6. The van der Waals surface area contributed by atoms with Crippen LogP contribution in [-0.2, 0) is 6.42 Å². The SMILES string of the molecule is CCN(CC)C(=O)c1ccc(NC(CCc2ccccc2OC)CN2CCCC2)cc1.Cl. The van der Waals surface area contributed by atoms with E-state index >= 15 is 0 Å². The number of amides is 1. The molecule has 1 aliphatic rings. The summed E-state index contributed by atoms with van der Waals surface area (Å²) in [5, 5.41) is 3.73. The normalized spacial score (nSPS) is 14.5. The molecule has 0 aromatic heterocycles. The standard InChI is InChI=1S/C26H37N3O2.ClH/c1-4-29(5-2)26(30)22-13-15-23(16-14-22)27-24(20-28-18-8-9-19-28)17-12-21-10-6-7-11-25(21)31-3;/h6-7,10-11,13-16,24,27H,4-5,8-9,12,17-20H2,1-3H3;1H. The van der Waals surface area contributed by atoms with Crippen LogP contribution in [0.1, 0.15) is 49.0 Å². The van der Waals surface area contributed by atoms with Gasteiger partial charge in [-0.15, -0.1) is 12.4 Å². The monoisotopic (exact) mass is 459 g/mol. The summed E-state index contributed by atoms with van der Waals surface area (Å²) in [6, 6.07) is 16.6. The van der Waals surface area contributed by atoms with Crippen molar-refractivity contribution in [1.29, 1.82) is 0 Å². The first-order valence-electron chi connectivity index (χ1n) is 11.6. The Morgan fingerprint density at radius 3 is 2.34 bits per heavy atom. The molecule has 0 spiro atoms. The predicted octanol–water partition coefficient (Wildman–Crippen LogP) is 5.11. The molecule has 1 amide bonds. The van der Waals surface area contributed by atoms with E-state index in [0.717, 1.165) is 49.5 Å². The van der Waals surface area contributed by atoms with E-state index in [9.17, 15) is 4.79 Å². The first-order chi connectivity index (χ1) is 15.1. The highest BCUT2D eigenvalue weighted by molar-refractivity contribution is 5.94. The number of carbonyl (C=O) groups is 1.